The first kappa shape index (κ1) is 15.6. The van der Waals surface area contributed by atoms with Crippen LogP contribution in [0.5, 0.6) is 11.5 Å². The number of hydrogen-bond acceptors (Lipinski definition) is 3. The molecule has 0 spiro atoms. The van der Waals surface area contributed by atoms with Gasteiger partial charge in [-0.15, -0.1) is 0 Å². The van der Waals surface area contributed by atoms with E-state index in [4.69, 9.17) is 4.74 Å². The number of carbonyl (C=O) groups is 1. The lowest BCUT2D eigenvalue weighted by Crippen LogP contribution is -2.01. The molecule has 0 aromatic heterocycles. The number of allylic oxidation sites excluding steroid dienone is 1. The van der Waals surface area contributed by atoms with Gasteiger partial charge in [0.25, 0.3) is 0 Å². The molecule has 0 aliphatic heterocycles. The molecule has 118 valence electrons. The predicted molar refractivity (Wildman–Crippen MR) is 93.9 cm³/mol. The summed E-state index contributed by atoms with van der Waals surface area (Å²) in [7, 11) is 0. The van der Waals surface area contributed by atoms with Gasteiger partial charge in [0.2, 0.25) is 0 Å². The zero-order valence-electron chi connectivity index (χ0n) is 12.9. The summed E-state index contributed by atoms with van der Waals surface area (Å²) in [6.45, 7) is 0. The first-order valence-electron chi connectivity index (χ1n) is 7.56. The highest BCUT2D eigenvalue weighted by atomic mass is 16.5. The fraction of sp³-hybridized carbons (Fsp3) is 0. The van der Waals surface area contributed by atoms with Crippen LogP contribution in [0.3, 0.4) is 0 Å². The molecule has 0 radical (unpaired) electrons. The van der Waals surface area contributed by atoms with Crippen molar-refractivity contribution in [3.05, 3.63) is 102 Å². The van der Waals surface area contributed by atoms with Crippen LogP contribution in [0.2, 0.25) is 0 Å². The normalized spacial score (nSPS) is 11.1. The van der Waals surface area contributed by atoms with Gasteiger partial charge in [0.15, 0.2) is 5.78 Å². The number of phenolic OH excluding ortho intramolecular Hbond substituents is 1. The van der Waals surface area contributed by atoms with E-state index < -0.39 is 0 Å². The molecular weight excluding hydrogens is 300 g/mol. The van der Waals surface area contributed by atoms with Gasteiger partial charge in [-0.25, -0.2) is 0 Å². The van der Waals surface area contributed by atoms with Crippen LogP contribution < -0.4 is 4.74 Å². The lowest BCUT2D eigenvalue weighted by atomic mass is 10.1. The first-order valence-corrected chi connectivity index (χ1v) is 7.56. The van der Waals surface area contributed by atoms with Gasteiger partial charge in [-0.1, -0.05) is 60.7 Å². The van der Waals surface area contributed by atoms with Crippen LogP contribution in [0.15, 0.2) is 91.0 Å². The Bertz CT molecular complexity index is 853. The topological polar surface area (TPSA) is 46.5 Å². The Morgan fingerprint density at radius 3 is 2.04 bits per heavy atom. The molecule has 0 bridgehead atoms. The molecule has 3 heteroatoms. The largest absolute Gasteiger partial charge is 0.507 e. The molecule has 0 aliphatic rings. The maximum atomic E-state index is 12.5. The molecule has 0 saturated carbocycles. The highest BCUT2D eigenvalue weighted by molar-refractivity contribution is 6.09. The van der Waals surface area contributed by atoms with Crippen molar-refractivity contribution in [3.8, 4) is 11.5 Å². The minimum Gasteiger partial charge on any atom is -0.507 e. The molecule has 3 nitrogen and oxygen atoms in total. The number of hydrogen-bond donors (Lipinski definition) is 1. The van der Waals surface area contributed by atoms with Crippen molar-refractivity contribution in [1.29, 1.82) is 0 Å². The average molecular weight is 316 g/mol. The van der Waals surface area contributed by atoms with Crippen LogP contribution in [-0.4, -0.2) is 10.9 Å². The Balaban J connectivity index is 1.98. The zero-order chi connectivity index (χ0) is 16.8. The van der Waals surface area contributed by atoms with Gasteiger partial charge in [-0.05, 0) is 24.3 Å². The summed E-state index contributed by atoms with van der Waals surface area (Å²) in [5.74, 6) is 0.696. The molecule has 0 heterocycles. The quantitative estimate of drug-likeness (QED) is 0.422. The number of carbonyl (C=O) groups excluding carboxylic acids is 1. The monoisotopic (exact) mass is 316 g/mol. The lowest BCUT2D eigenvalue weighted by molar-refractivity contribution is 0.104. The zero-order valence-corrected chi connectivity index (χ0v) is 12.9. The predicted octanol–water partition coefficient (Wildman–Crippen LogP) is 4.70. The van der Waals surface area contributed by atoms with E-state index in [0.717, 1.165) is 5.56 Å². The van der Waals surface area contributed by atoms with Crippen LogP contribution in [-0.2, 0) is 0 Å². The average Bonchev–Trinajstić information content (AvgIpc) is 2.63. The summed E-state index contributed by atoms with van der Waals surface area (Å²) in [6.07, 6.45) is 1.40. The number of phenols is 1. The molecule has 0 atom stereocenters. The van der Waals surface area contributed by atoms with Gasteiger partial charge in [0, 0.05) is 11.6 Å². The van der Waals surface area contributed by atoms with Gasteiger partial charge in [-0.2, -0.15) is 0 Å². The van der Waals surface area contributed by atoms with Gasteiger partial charge in [-0.3, -0.25) is 4.79 Å². The Kier molecular flexibility index (Phi) is 4.73. The summed E-state index contributed by atoms with van der Waals surface area (Å²) in [5.41, 5.74) is 1.02. The third-order valence-corrected chi connectivity index (χ3v) is 3.46. The highest BCUT2D eigenvalue weighted by Crippen LogP contribution is 2.23. The summed E-state index contributed by atoms with van der Waals surface area (Å²) >= 11 is 0. The third kappa shape index (κ3) is 3.70. The number of ketones is 1. The number of aromatic hydroxyl groups is 1. The molecule has 3 rings (SSSR count). The molecule has 3 aromatic carbocycles. The van der Waals surface area contributed by atoms with Crippen LogP contribution in [0, 0.1) is 0 Å². The SMILES string of the molecule is O=C(C=C(Oc1ccccc1)c1ccccc1)c1ccccc1O. The highest BCUT2D eigenvalue weighted by Gasteiger charge is 2.12. The summed E-state index contributed by atoms with van der Waals surface area (Å²) in [5, 5.41) is 9.86. The van der Waals surface area contributed by atoms with Crippen molar-refractivity contribution in [3.63, 3.8) is 0 Å². The van der Waals surface area contributed by atoms with Gasteiger partial charge in [0.05, 0.1) is 5.56 Å². The standard InChI is InChI=1S/C21H16O3/c22-19-14-8-7-13-18(19)20(23)15-21(16-9-3-1-4-10-16)24-17-11-5-2-6-12-17/h1-15,22H. The van der Waals surface area contributed by atoms with Crippen LogP contribution in [0.4, 0.5) is 0 Å². The summed E-state index contributed by atoms with van der Waals surface area (Å²) in [6, 6.07) is 25.1. The second kappa shape index (κ2) is 7.29. The smallest absolute Gasteiger partial charge is 0.193 e. The molecule has 0 unspecified atom stereocenters. The number of rotatable bonds is 5. The van der Waals surface area contributed by atoms with Gasteiger partial charge < -0.3 is 9.84 Å². The first-order chi connectivity index (χ1) is 11.7. The van der Waals surface area contributed by atoms with Crippen LogP contribution in [0.1, 0.15) is 15.9 Å². The number of benzene rings is 3. The fourth-order valence-corrected chi connectivity index (χ4v) is 2.27. The van der Waals surface area contributed by atoms with E-state index in [0.29, 0.717) is 11.5 Å². The Hall–Kier alpha value is -3.33. The minimum absolute atomic E-state index is 0.0501. The molecule has 0 fully saturated rings. The molecule has 0 aliphatic carbocycles. The van der Waals surface area contributed by atoms with E-state index >= 15 is 0 Å². The number of ether oxygens (including phenoxy) is 1. The van der Waals surface area contributed by atoms with E-state index in [2.05, 4.69) is 0 Å². The fourth-order valence-electron chi connectivity index (χ4n) is 2.27. The Labute approximate surface area is 140 Å². The van der Waals surface area contributed by atoms with E-state index in [-0.39, 0.29) is 17.1 Å². The molecule has 1 N–H and O–H groups in total. The van der Waals surface area contributed by atoms with Crippen LogP contribution >= 0.6 is 0 Å². The molecule has 0 amide bonds. The van der Waals surface area contributed by atoms with E-state index in [1.54, 1.807) is 18.2 Å². The van der Waals surface area contributed by atoms with Crippen LogP contribution in [0.25, 0.3) is 5.76 Å². The minimum atomic E-state index is -0.317. The summed E-state index contributed by atoms with van der Waals surface area (Å²) < 4.78 is 5.89. The van der Waals surface area contributed by atoms with E-state index in [9.17, 15) is 9.90 Å². The van der Waals surface area contributed by atoms with Crippen molar-refractivity contribution in [1.82, 2.24) is 0 Å². The maximum Gasteiger partial charge on any atom is 0.193 e. The summed E-state index contributed by atoms with van der Waals surface area (Å²) in [4.78, 5) is 12.5. The van der Waals surface area contributed by atoms with Crippen molar-refractivity contribution in [2.75, 3.05) is 0 Å². The maximum absolute atomic E-state index is 12.5. The molecule has 3 aromatic rings. The van der Waals surface area contributed by atoms with E-state index in [1.807, 2.05) is 60.7 Å². The van der Waals surface area contributed by atoms with Crippen molar-refractivity contribution < 1.29 is 14.6 Å². The van der Waals surface area contributed by atoms with E-state index in [1.165, 1.54) is 12.1 Å². The lowest BCUT2D eigenvalue weighted by Gasteiger charge is -2.10. The van der Waals surface area contributed by atoms with Gasteiger partial charge >= 0.3 is 0 Å². The molecular formula is C21H16O3. The molecule has 24 heavy (non-hydrogen) atoms. The van der Waals surface area contributed by atoms with Gasteiger partial charge in [0.1, 0.15) is 17.3 Å². The van der Waals surface area contributed by atoms with Crippen molar-refractivity contribution >= 4 is 11.5 Å². The third-order valence-electron chi connectivity index (χ3n) is 3.46. The van der Waals surface area contributed by atoms with Crippen molar-refractivity contribution in [2.45, 2.75) is 0 Å². The number of para-hydroxylation sites is 2. The Morgan fingerprint density at radius 1 is 0.792 bits per heavy atom. The van der Waals surface area contributed by atoms with Crippen molar-refractivity contribution in [2.24, 2.45) is 0 Å². The molecule has 0 saturated heterocycles. The second-order valence-electron chi connectivity index (χ2n) is 5.17. The Morgan fingerprint density at radius 2 is 1.38 bits per heavy atom. The second-order valence-corrected chi connectivity index (χ2v) is 5.17.